The lowest BCUT2D eigenvalue weighted by Gasteiger charge is -2.34. The summed E-state index contributed by atoms with van der Waals surface area (Å²) in [7, 11) is 2.12. The first-order valence-electron chi connectivity index (χ1n) is 6.38. The maximum Gasteiger partial charge on any atom is 0.129 e. The minimum absolute atomic E-state index is 0.0337. The predicted molar refractivity (Wildman–Crippen MR) is 69.9 cm³/mol. The molecule has 1 unspecified atom stereocenters. The molecule has 17 heavy (non-hydrogen) atoms. The molecule has 3 heteroatoms. The van der Waals surface area contributed by atoms with E-state index in [2.05, 4.69) is 48.1 Å². The highest BCUT2D eigenvalue weighted by molar-refractivity contribution is 5.76. The van der Waals surface area contributed by atoms with Crippen LogP contribution in [0.5, 0.6) is 0 Å². The molecule has 1 fully saturated rings. The fourth-order valence-corrected chi connectivity index (χ4v) is 2.89. The highest BCUT2D eigenvalue weighted by Crippen LogP contribution is 2.30. The number of nitrogens with zero attached hydrogens (tertiary/aromatic N) is 2. The minimum Gasteiger partial charge on any atom is -0.330 e. The first kappa shape index (κ1) is 10.8. The topological polar surface area (TPSA) is 29.9 Å². The Morgan fingerprint density at radius 3 is 2.82 bits per heavy atom. The number of aryl methyl sites for hydroxylation is 1. The number of benzene rings is 1. The van der Waals surface area contributed by atoms with Crippen molar-refractivity contribution >= 4 is 11.0 Å². The molecule has 1 N–H and O–H groups in total. The van der Waals surface area contributed by atoms with E-state index in [1.807, 2.05) is 0 Å². The highest BCUT2D eigenvalue weighted by Gasteiger charge is 2.32. The van der Waals surface area contributed by atoms with Gasteiger partial charge in [-0.25, -0.2) is 4.98 Å². The van der Waals surface area contributed by atoms with Gasteiger partial charge < -0.3 is 9.88 Å². The molecule has 1 aliphatic rings. The van der Waals surface area contributed by atoms with E-state index in [0.29, 0.717) is 0 Å². The van der Waals surface area contributed by atoms with Crippen LogP contribution in [0.1, 0.15) is 32.0 Å². The van der Waals surface area contributed by atoms with Crippen molar-refractivity contribution in [3.8, 4) is 0 Å². The third-order valence-corrected chi connectivity index (χ3v) is 3.90. The largest absolute Gasteiger partial charge is 0.330 e. The number of para-hydroxylation sites is 2. The monoisotopic (exact) mass is 229 g/mol. The Morgan fingerprint density at radius 2 is 2.12 bits per heavy atom. The molecule has 1 atom stereocenters. The SMILES string of the molecule is Cn1c(C2(C)CCCCN2)nc2ccccc21. The molecule has 0 aliphatic carbocycles. The van der Waals surface area contributed by atoms with Gasteiger partial charge in [-0.05, 0) is 44.9 Å². The van der Waals surface area contributed by atoms with Gasteiger partial charge in [0.25, 0.3) is 0 Å². The van der Waals surface area contributed by atoms with Crippen LogP contribution in [0.4, 0.5) is 0 Å². The van der Waals surface area contributed by atoms with Crippen molar-refractivity contribution in [2.24, 2.45) is 7.05 Å². The molecule has 2 aromatic rings. The Hall–Kier alpha value is -1.35. The number of hydrogen-bond donors (Lipinski definition) is 1. The Kier molecular flexibility index (Phi) is 2.44. The van der Waals surface area contributed by atoms with Gasteiger partial charge in [-0.2, -0.15) is 0 Å². The van der Waals surface area contributed by atoms with Gasteiger partial charge in [0, 0.05) is 7.05 Å². The van der Waals surface area contributed by atoms with Crippen LogP contribution < -0.4 is 5.32 Å². The zero-order valence-electron chi connectivity index (χ0n) is 10.5. The maximum absolute atomic E-state index is 4.81. The molecular weight excluding hydrogens is 210 g/mol. The predicted octanol–water partition coefficient (Wildman–Crippen LogP) is 2.56. The third kappa shape index (κ3) is 1.65. The van der Waals surface area contributed by atoms with Crippen molar-refractivity contribution in [1.29, 1.82) is 0 Å². The number of piperidine rings is 1. The van der Waals surface area contributed by atoms with Gasteiger partial charge in [0.05, 0.1) is 16.6 Å². The molecule has 0 bridgehead atoms. The van der Waals surface area contributed by atoms with E-state index in [0.717, 1.165) is 12.1 Å². The van der Waals surface area contributed by atoms with Gasteiger partial charge in [0.1, 0.15) is 5.82 Å². The van der Waals surface area contributed by atoms with Gasteiger partial charge in [0.15, 0.2) is 0 Å². The normalized spacial score (nSPS) is 25.3. The summed E-state index contributed by atoms with van der Waals surface area (Å²) in [6.07, 6.45) is 3.73. The molecule has 0 amide bonds. The molecule has 1 saturated heterocycles. The van der Waals surface area contributed by atoms with Gasteiger partial charge in [-0.1, -0.05) is 12.1 Å². The Morgan fingerprint density at radius 1 is 1.29 bits per heavy atom. The summed E-state index contributed by atoms with van der Waals surface area (Å²) in [6.45, 7) is 3.37. The fraction of sp³-hybridized carbons (Fsp3) is 0.500. The quantitative estimate of drug-likeness (QED) is 0.814. The molecule has 90 valence electrons. The standard InChI is InChI=1S/C14H19N3/c1-14(9-5-6-10-15-14)13-16-11-7-3-4-8-12(11)17(13)2/h3-4,7-8,15H,5-6,9-10H2,1-2H3. The number of hydrogen-bond acceptors (Lipinski definition) is 2. The van der Waals surface area contributed by atoms with E-state index >= 15 is 0 Å². The van der Waals surface area contributed by atoms with Crippen LogP contribution in [0.2, 0.25) is 0 Å². The molecule has 3 nitrogen and oxygen atoms in total. The number of imidazole rings is 1. The van der Waals surface area contributed by atoms with E-state index in [9.17, 15) is 0 Å². The first-order chi connectivity index (χ1) is 8.21. The molecule has 1 aromatic heterocycles. The average Bonchev–Trinajstić information content (AvgIpc) is 2.69. The van der Waals surface area contributed by atoms with Crippen LogP contribution in [0.3, 0.4) is 0 Å². The van der Waals surface area contributed by atoms with Crippen molar-refractivity contribution in [3.63, 3.8) is 0 Å². The second-order valence-corrected chi connectivity index (χ2v) is 5.20. The first-order valence-corrected chi connectivity index (χ1v) is 6.38. The molecule has 1 aliphatic heterocycles. The number of rotatable bonds is 1. The summed E-state index contributed by atoms with van der Waals surface area (Å²) in [5, 5.41) is 3.63. The van der Waals surface area contributed by atoms with Gasteiger partial charge in [0.2, 0.25) is 0 Å². The minimum atomic E-state index is 0.0337. The summed E-state index contributed by atoms with van der Waals surface area (Å²) < 4.78 is 2.23. The smallest absolute Gasteiger partial charge is 0.129 e. The summed E-state index contributed by atoms with van der Waals surface area (Å²) >= 11 is 0. The number of nitrogens with one attached hydrogen (secondary N) is 1. The molecule has 0 spiro atoms. The summed E-state index contributed by atoms with van der Waals surface area (Å²) in [4.78, 5) is 4.81. The second-order valence-electron chi connectivity index (χ2n) is 5.20. The highest BCUT2D eigenvalue weighted by atomic mass is 15.1. The summed E-state index contributed by atoms with van der Waals surface area (Å²) in [5.41, 5.74) is 2.35. The zero-order chi connectivity index (χ0) is 11.9. The van der Waals surface area contributed by atoms with E-state index in [4.69, 9.17) is 4.98 Å². The van der Waals surface area contributed by atoms with Crippen LogP contribution >= 0.6 is 0 Å². The third-order valence-electron chi connectivity index (χ3n) is 3.90. The molecular formula is C14H19N3. The number of fused-ring (bicyclic) bond motifs is 1. The Balaban J connectivity index is 2.13. The van der Waals surface area contributed by atoms with Crippen LogP contribution in [0, 0.1) is 0 Å². The maximum atomic E-state index is 4.81. The van der Waals surface area contributed by atoms with E-state index in [1.54, 1.807) is 0 Å². The van der Waals surface area contributed by atoms with Crippen molar-refractivity contribution in [3.05, 3.63) is 30.1 Å². The van der Waals surface area contributed by atoms with Crippen LogP contribution in [-0.4, -0.2) is 16.1 Å². The fourth-order valence-electron chi connectivity index (χ4n) is 2.89. The Bertz CT molecular complexity index is 535. The average molecular weight is 229 g/mol. The van der Waals surface area contributed by atoms with Crippen molar-refractivity contribution in [1.82, 2.24) is 14.9 Å². The molecule has 1 aromatic carbocycles. The lowest BCUT2D eigenvalue weighted by atomic mass is 9.90. The zero-order valence-corrected chi connectivity index (χ0v) is 10.5. The van der Waals surface area contributed by atoms with Gasteiger partial charge in [-0.3, -0.25) is 0 Å². The lowest BCUT2D eigenvalue weighted by Crippen LogP contribution is -2.45. The van der Waals surface area contributed by atoms with E-state index in [-0.39, 0.29) is 5.54 Å². The summed E-state index contributed by atoms with van der Waals surface area (Å²) in [5.74, 6) is 1.17. The van der Waals surface area contributed by atoms with E-state index in [1.165, 1.54) is 30.6 Å². The van der Waals surface area contributed by atoms with Gasteiger partial charge >= 0.3 is 0 Å². The number of aromatic nitrogens is 2. The van der Waals surface area contributed by atoms with Crippen molar-refractivity contribution < 1.29 is 0 Å². The Labute approximate surface area is 102 Å². The van der Waals surface area contributed by atoms with Crippen molar-refractivity contribution in [2.45, 2.75) is 31.7 Å². The molecule has 0 radical (unpaired) electrons. The molecule has 2 heterocycles. The van der Waals surface area contributed by atoms with Gasteiger partial charge in [-0.15, -0.1) is 0 Å². The second kappa shape index (κ2) is 3.84. The van der Waals surface area contributed by atoms with E-state index < -0.39 is 0 Å². The molecule has 3 rings (SSSR count). The van der Waals surface area contributed by atoms with Crippen LogP contribution in [0.15, 0.2) is 24.3 Å². The van der Waals surface area contributed by atoms with Crippen LogP contribution in [-0.2, 0) is 12.6 Å². The van der Waals surface area contributed by atoms with Crippen molar-refractivity contribution in [2.75, 3.05) is 6.54 Å². The van der Waals surface area contributed by atoms with Crippen LogP contribution in [0.25, 0.3) is 11.0 Å². The lowest BCUT2D eigenvalue weighted by molar-refractivity contribution is 0.264. The summed E-state index contributed by atoms with van der Waals surface area (Å²) in [6, 6.07) is 8.35. The molecule has 0 saturated carbocycles.